The number of nitrogens with zero attached hydrogens (tertiary/aromatic N) is 1. The Morgan fingerprint density at radius 3 is 2.63 bits per heavy atom. The molecule has 1 aromatic carbocycles. The molecule has 0 fully saturated rings. The second-order valence-corrected chi connectivity index (χ2v) is 5.78. The lowest BCUT2D eigenvalue weighted by Gasteiger charge is -2.22. The summed E-state index contributed by atoms with van der Waals surface area (Å²) in [5, 5.41) is 8.94. The van der Waals surface area contributed by atoms with Crippen LogP contribution >= 0.6 is 15.9 Å². The molecule has 19 heavy (non-hydrogen) atoms. The van der Waals surface area contributed by atoms with Crippen molar-refractivity contribution in [1.82, 2.24) is 4.90 Å². The molecule has 0 saturated heterocycles. The van der Waals surface area contributed by atoms with E-state index in [-0.39, 0.29) is 6.54 Å². The van der Waals surface area contributed by atoms with Crippen LogP contribution in [0, 0.1) is 5.92 Å². The van der Waals surface area contributed by atoms with Crippen LogP contribution in [0.15, 0.2) is 22.7 Å². The molecule has 1 rings (SSSR count). The molecule has 0 amide bonds. The third-order valence-electron chi connectivity index (χ3n) is 2.60. The van der Waals surface area contributed by atoms with Gasteiger partial charge in [-0.15, -0.1) is 0 Å². The Bertz CT molecular complexity index is 435. The molecule has 0 aromatic heterocycles. The van der Waals surface area contributed by atoms with Crippen molar-refractivity contribution < 1.29 is 14.6 Å². The van der Waals surface area contributed by atoms with Crippen molar-refractivity contribution >= 4 is 21.9 Å². The zero-order chi connectivity index (χ0) is 14.4. The minimum atomic E-state index is -0.798. The first-order valence-electron chi connectivity index (χ1n) is 6.19. The third-order valence-corrected chi connectivity index (χ3v) is 3.22. The molecule has 0 heterocycles. The summed E-state index contributed by atoms with van der Waals surface area (Å²) in [4.78, 5) is 12.8. The van der Waals surface area contributed by atoms with Gasteiger partial charge in [-0.2, -0.15) is 0 Å². The maximum Gasteiger partial charge on any atom is 0.317 e. The normalized spacial score (nSPS) is 11.1. The highest BCUT2D eigenvalue weighted by atomic mass is 79.9. The lowest BCUT2D eigenvalue weighted by molar-refractivity contribution is -0.138. The largest absolute Gasteiger partial charge is 0.496 e. The van der Waals surface area contributed by atoms with Crippen molar-refractivity contribution in [2.75, 3.05) is 20.2 Å². The molecule has 0 saturated carbocycles. The monoisotopic (exact) mass is 329 g/mol. The van der Waals surface area contributed by atoms with E-state index in [9.17, 15) is 4.79 Å². The smallest absolute Gasteiger partial charge is 0.317 e. The second kappa shape index (κ2) is 7.50. The highest BCUT2D eigenvalue weighted by Gasteiger charge is 2.12. The summed E-state index contributed by atoms with van der Waals surface area (Å²) in [5.74, 6) is 0.409. The lowest BCUT2D eigenvalue weighted by atomic mass is 10.1. The van der Waals surface area contributed by atoms with Gasteiger partial charge in [-0.05, 0) is 39.5 Å². The number of carbonyl (C=O) groups is 1. The van der Waals surface area contributed by atoms with Gasteiger partial charge >= 0.3 is 5.97 Å². The maximum atomic E-state index is 10.9. The van der Waals surface area contributed by atoms with Crippen molar-refractivity contribution in [3.63, 3.8) is 0 Å². The highest BCUT2D eigenvalue weighted by molar-refractivity contribution is 9.10. The summed E-state index contributed by atoms with van der Waals surface area (Å²) >= 11 is 3.44. The topological polar surface area (TPSA) is 49.8 Å². The Morgan fingerprint density at radius 1 is 1.47 bits per heavy atom. The van der Waals surface area contributed by atoms with Gasteiger partial charge in [0.15, 0.2) is 0 Å². The Morgan fingerprint density at radius 2 is 2.16 bits per heavy atom. The Labute approximate surface area is 122 Å². The highest BCUT2D eigenvalue weighted by Crippen LogP contribution is 2.26. The van der Waals surface area contributed by atoms with Gasteiger partial charge < -0.3 is 9.84 Å². The van der Waals surface area contributed by atoms with Crippen molar-refractivity contribution in [3.8, 4) is 5.75 Å². The molecule has 5 heteroatoms. The van der Waals surface area contributed by atoms with E-state index < -0.39 is 5.97 Å². The van der Waals surface area contributed by atoms with Crippen LogP contribution in [0.4, 0.5) is 0 Å². The Balaban J connectivity index is 2.77. The fraction of sp³-hybridized carbons (Fsp3) is 0.500. The average Bonchev–Trinajstić information content (AvgIpc) is 2.27. The summed E-state index contributed by atoms with van der Waals surface area (Å²) in [7, 11) is 1.62. The quantitative estimate of drug-likeness (QED) is 0.835. The molecule has 0 bridgehead atoms. The van der Waals surface area contributed by atoms with Crippen molar-refractivity contribution in [3.05, 3.63) is 28.2 Å². The van der Waals surface area contributed by atoms with Crippen LogP contribution in [0.5, 0.6) is 5.75 Å². The molecule has 106 valence electrons. The van der Waals surface area contributed by atoms with E-state index in [4.69, 9.17) is 9.84 Å². The van der Waals surface area contributed by atoms with Gasteiger partial charge in [-0.1, -0.05) is 19.9 Å². The fourth-order valence-corrected chi connectivity index (χ4v) is 2.55. The van der Waals surface area contributed by atoms with Gasteiger partial charge in [-0.3, -0.25) is 9.69 Å². The van der Waals surface area contributed by atoms with Crippen LogP contribution in [0.2, 0.25) is 0 Å². The number of benzene rings is 1. The molecular weight excluding hydrogens is 310 g/mol. The number of carboxylic acids is 1. The number of rotatable bonds is 7. The van der Waals surface area contributed by atoms with Crippen LogP contribution in [0.25, 0.3) is 0 Å². The number of aliphatic carboxylic acids is 1. The Hall–Kier alpha value is -1.07. The number of hydrogen-bond donors (Lipinski definition) is 1. The van der Waals surface area contributed by atoms with Crippen molar-refractivity contribution in [2.45, 2.75) is 20.4 Å². The van der Waals surface area contributed by atoms with Gasteiger partial charge in [-0.25, -0.2) is 0 Å². The number of ether oxygens (including phenoxy) is 1. The van der Waals surface area contributed by atoms with E-state index in [0.717, 1.165) is 22.3 Å². The third kappa shape index (κ3) is 5.61. The van der Waals surface area contributed by atoms with Crippen molar-refractivity contribution in [2.24, 2.45) is 5.92 Å². The van der Waals surface area contributed by atoms with Crippen molar-refractivity contribution in [1.29, 1.82) is 0 Å². The summed E-state index contributed by atoms with van der Waals surface area (Å²) < 4.78 is 6.06. The van der Waals surface area contributed by atoms with Crippen LogP contribution < -0.4 is 4.74 Å². The van der Waals surface area contributed by atoms with E-state index in [1.165, 1.54) is 0 Å². The predicted molar refractivity (Wildman–Crippen MR) is 78.4 cm³/mol. The zero-order valence-electron chi connectivity index (χ0n) is 11.5. The van der Waals surface area contributed by atoms with Gasteiger partial charge in [0.05, 0.1) is 18.1 Å². The maximum absolute atomic E-state index is 10.9. The summed E-state index contributed by atoms with van der Waals surface area (Å²) in [6.45, 7) is 5.60. The average molecular weight is 330 g/mol. The molecule has 1 N–H and O–H groups in total. The summed E-state index contributed by atoms with van der Waals surface area (Å²) in [5.41, 5.74) is 1.06. The standard InChI is InChI=1S/C14H20BrNO3/c1-10(2)7-16(9-14(17)18)8-11-4-5-13(19-3)12(15)6-11/h4-6,10H,7-9H2,1-3H3,(H,17,18). The van der Waals surface area contributed by atoms with Crippen LogP contribution in [-0.4, -0.2) is 36.2 Å². The summed E-state index contributed by atoms with van der Waals surface area (Å²) in [6, 6.07) is 5.81. The van der Waals surface area contributed by atoms with E-state index in [1.54, 1.807) is 7.11 Å². The Kier molecular flexibility index (Phi) is 6.31. The minimum absolute atomic E-state index is 0.0574. The van der Waals surface area contributed by atoms with Gasteiger partial charge in [0.2, 0.25) is 0 Å². The molecular formula is C14H20BrNO3. The molecule has 1 aromatic rings. The van der Waals surface area contributed by atoms with Gasteiger partial charge in [0, 0.05) is 13.1 Å². The molecule has 4 nitrogen and oxygen atoms in total. The van der Waals surface area contributed by atoms with E-state index in [0.29, 0.717) is 12.5 Å². The molecule has 0 radical (unpaired) electrons. The fourth-order valence-electron chi connectivity index (χ4n) is 1.96. The lowest BCUT2D eigenvalue weighted by Crippen LogP contribution is -2.32. The predicted octanol–water partition coefficient (Wildman–Crippen LogP) is 3.00. The molecule has 0 unspecified atom stereocenters. The minimum Gasteiger partial charge on any atom is -0.496 e. The van der Waals surface area contributed by atoms with E-state index >= 15 is 0 Å². The van der Waals surface area contributed by atoms with E-state index in [2.05, 4.69) is 29.8 Å². The van der Waals surface area contributed by atoms with Crippen LogP contribution in [0.3, 0.4) is 0 Å². The number of methoxy groups -OCH3 is 1. The van der Waals surface area contributed by atoms with E-state index in [1.807, 2.05) is 23.1 Å². The van der Waals surface area contributed by atoms with Crippen LogP contribution in [-0.2, 0) is 11.3 Å². The SMILES string of the molecule is COc1ccc(CN(CC(=O)O)CC(C)C)cc1Br. The zero-order valence-corrected chi connectivity index (χ0v) is 13.1. The molecule has 0 aliphatic rings. The summed E-state index contributed by atoms with van der Waals surface area (Å²) in [6.07, 6.45) is 0. The molecule has 0 spiro atoms. The van der Waals surface area contributed by atoms with Crippen LogP contribution in [0.1, 0.15) is 19.4 Å². The molecule has 0 atom stereocenters. The molecule has 0 aliphatic carbocycles. The first-order chi connectivity index (χ1) is 8.92. The number of halogens is 1. The number of carboxylic acid groups (broad SMARTS) is 1. The first-order valence-corrected chi connectivity index (χ1v) is 6.98. The second-order valence-electron chi connectivity index (χ2n) is 4.93. The number of hydrogen-bond acceptors (Lipinski definition) is 3. The molecule has 0 aliphatic heterocycles. The van der Waals surface area contributed by atoms with Gasteiger partial charge in [0.25, 0.3) is 0 Å². The van der Waals surface area contributed by atoms with Gasteiger partial charge in [0.1, 0.15) is 5.75 Å². The first kappa shape index (κ1) is 16.0.